The molecule has 1 N–H and O–H groups in total. The van der Waals surface area contributed by atoms with Gasteiger partial charge in [0.1, 0.15) is 0 Å². The summed E-state index contributed by atoms with van der Waals surface area (Å²) in [6, 6.07) is 4.14. The molecular weight excluding hydrogens is 416 g/mol. The molecule has 11 heteroatoms. The maximum Gasteiger partial charge on any atom is 0.534 e. The molecule has 0 radical (unpaired) electrons. The number of hydrogen-bond donors (Lipinski definition) is 1. The fourth-order valence-corrected chi connectivity index (χ4v) is 4.51. The number of rotatable bonds is 5. The normalized spacial score (nSPS) is 20.4. The molecule has 1 saturated carbocycles. The van der Waals surface area contributed by atoms with Crippen LogP contribution >= 0.6 is 0 Å². The van der Waals surface area contributed by atoms with Gasteiger partial charge in [-0.1, -0.05) is 0 Å². The van der Waals surface area contributed by atoms with Crippen LogP contribution in [-0.4, -0.2) is 26.0 Å². The molecule has 6 nitrogen and oxygen atoms in total. The molecule has 2 aliphatic carbocycles. The average molecular weight is 432 g/mol. The van der Waals surface area contributed by atoms with E-state index in [4.69, 9.17) is 4.74 Å². The Hall–Kier alpha value is -2.56. The van der Waals surface area contributed by atoms with E-state index in [1.54, 1.807) is 0 Å². The predicted molar refractivity (Wildman–Crippen MR) is 95.4 cm³/mol. The lowest BCUT2D eigenvalue weighted by Crippen LogP contribution is -2.29. The first-order chi connectivity index (χ1) is 13.6. The van der Waals surface area contributed by atoms with Gasteiger partial charge in [-0.25, -0.2) is 9.37 Å². The fraction of sp³-hybridized carbons (Fsp3) is 0.389. The van der Waals surface area contributed by atoms with Gasteiger partial charge in [0, 0.05) is 17.3 Å². The summed E-state index contributed by atoms with van der Waals surface area (Å²) in [4.78, 5) is 3.85. The summed E-state index contributed by atoms with van der Waals surface area (Å²) < 4.78 is 84.0. The second kappa shape index (κ2) is 6.75. The van der Waals surface area contributed by atoms with E-state index in [0.717, 1.165) is 12.8 Å². The second-order valence-corrected chi connectivity index (χ2v) is 8.51. The topological polar surface area (TPSA) is 77.5 Å². The maximum absolute atomic E-state index is 13.6. The first-order valence-electron chi connectivity index (χ1n) is 8.75. The number of pyridine rings is 1. The van der Waals surface area contributed by atoms with Crippen LogP contribution in [0, 0.1) is 5.82 Å². The molecule has 2 bridgehead atoms. The van der Waals surface area contributed by atoms with Crippen LogP contribution in [0.3, 0.4) is 0 Å². The van der Waals surface area contributed by atoms with Crippen LogP contribution in [0.15, 0.2) is 24.4 Å². The van der Waals surface area contributed by atoms with Crippen molar-refractivity contribution in [3.05, 3.63) is 41.3 Å². The van der Waals surface area contributed by atoms with Gasteiger partial charge in [0.15, 0.2) is 11.6 Å². The summed E-state index contributed by atoms with van der Waals surface area (Å²) in [6.45, 7) is 0. The van der Waals surface area contributed by atoms with Crippen LogP contribution in [0.4, 0.5) is 28.9 Å². The monoisotopic (exact) mass is 432 g/mol. The van der Waals surface area contributed by atoms with Gasteiger partial charge in [-0.3, -0.25) is 0 Å². The quantitative estimate of drug-likeness (QED) is 0.424. The Morgan fingerprint density at radius 1 is 1.17 bits per heavy atom. The number of benzene rings is 1. The first kappa shape index (κ1) is 19.7. The summed E-state index contributed by atoms with van der Waals surface area (Å²) in [7, 11) is -4.49. The third-order valence-corrected chi connectivity index (χ3v) is 6.22. The summed E-state index contributed by atoms with van der Waals surface area (Å²) in [5.74, 6) is -1.12. The highest BCUT2D eigenvalue weighted by Gasteiger charge is 2.50. The lowest BCUT2D eigenvalue weighted by molar-refractivity contribution is -0.0501. The molecule has 2 aromatic rings. The van der Waals surface area contributed by atoms with Crippen LogP contribution in [0.1, 0.15) is 42.2 Å². The van der Waals surface area contributed by atoms with Crippen molar-refractivity contribution in [2.24, 2.45) is 0 Å². The summed E-state index contributed by atoms with van der Waals surface area (Å²) in [6.07, 6.45) is 3.46. The molecule has 2 unspecified atom stereocenters. The molecule has 0 aliphatic heterocycles. The smallest absolute Gasteiger partial charge is 0.494 e. The standard InChI is InChI=1S/C18H16F4N2O4S/c1-27-14-7-11(4-5-12(14)19)24-13-8-23-17(28-29(25,26)18(20,21)22)16-10-3-2-9(6-10)15(13)16/h4-5,7-10,24H,2-3,6H2,1H3. The first-order valence-corrected chi connectivity index (χ1v) is 10.2. The van der Waals surface area contributed by atoms with E-state index >= 15 is 0 Å². The van der Waals surface area contributed by atoms with Crippen molar-refractivity contribution in [3.8, 4) is 11.6 Å². The molecule has 0 spiro atoms. The number of anilines is 2. The molecule has 29 heavy (non-hydrogen) atoms. The van der Waals surface area contributed by atoms with Crippen molar-refractivity contribution < 1.29 is 34.9 Å². The number of methoxy groups -OCH3 is 1. The number of nitrogens with one attached hydrogen (secondary N) is 1. The van der Waals surface area contributed by atoms with E-state index in [0.29, 0.717) is 28.9 Å². The Morgan fingerprint density at radius 3 is 2.52 bits per heavy atom. The zero-order valence-electron chi connectivity index (χ0n) is 15.1. The number of nitrogens with zero attached hydrogens (tertiary/aromatic N) is 1. The predicted octanol–water partition coefficient (Wildman–Crippen LogP) is 4.57. The van der Waals surface area contributed by atoms with Crippen molar-refractivity contribution in [2.45, 2.75) is 36.6 Å². The largest absolute Gasteiger partial charge is 0.534 e. The summed E-state index contributed by atoms with van der Waals surface area (Å²) in [5.41, 5.74) is -3.47. The van der Waals surface area contributed by atoms with Crippen molar-refractivity contribution in [1.29, 1.82) is 0 Å². The van der Waals surface area contributed by atoms with E-state index < -0.39 is 27.3 Å². The molecule has 1 aromatic carbocycles. The van der Waals surface area contributed by atoms with E-state index in [9.17, 15) is 26.0 Å². The number of halogens is 4. The zero-order valence-corrected chi connectivity index (χ0v) is 15.9. The Labute approximate surface area is 164 Å². The van der Waals surface area contributed by atoms with Gasteiger partial charge < -0.3 is 14.2 Å². The van der Waals surface area contributed by atoms with Gasteiger partial charge in [-0.2, -0.15) is 21.6 Å². The van der Waals surface area contributed by atoms with Gasteiger partial charge in [0.05, 0.1) is 19.0 Å². The van der Waals surface area contributed by atoms with Gasteiger partial charge >= 0.3 is 15.6 Å². The molecule has 0 amide bonds. The van der Waals surface area contributed by atoms with Crippen LogP contribution in [-0.2, 0) is 10.1 Å². The molecule has 0 saturated heterocycles. The zero-order chi connectivity index (χ0) is 21.0. The lowest BCUT2D eigenvalue weighted by atomic mass is 9.91. The molecule has 1 fully saturated rings. The molecule has 1 heterocycles. The fourth-order valence-electron chi connectivity index (χ4n) is 4.07. The van der Waals surface area contributed by atoms with E-state index in [1.165, 1.54) is 31.5 Å². The Balaban J connectivity index is 1.73. The Bertz CT molecular complexity index is 1070. The third-order valence-electron chi connectivity index (χ3n) is 5.27. The van der Waals surface area contributed by atoms with Crippen molar-refractivity contribution >= 4 is 21.5 Å². The number of alkyl halides is 3. The number of aromatic nitrogens is 1. The second-order valence-electron chi connectivity index (χ2n) is 6.97. The molecule has 2 aliphatic rings. The molecule has 2 atom stereocenters. The van der Waals surface area contributed by atoms with E-state index in [2.05, 4.69) is 14.5 Å². The average Bonchev–Trinajstić information content (AvgIpc) is 3.26. The van der Waals surface area contributed by atoms with Gasteiger partial charge in [-0.15, -0.1) is 0 Å². The molecular formula is C18H16F4N2O4S. The summed E-state index contributed by atoms with van der Waals surface area (Å²) >= 11 is 0. The van der Waals surface area contributed by atoms with Crippen molar-refractivity contribution in [2.75, 3.05) is 12.4 Å². The van der Waals surface area contributed by atoms with E-state index in [1.807, 2.05) is 0 Å². The minimum Gasteiger partial charge on any atom is -0.494 e. The maximum atomic E-state index is 13.6. The molecule has 156 valence electrons. The third kappa shape index (κ3) is 3.37. The van der Waals surface area contributed by atoms with Gasteiger partial charge in [0.2, 0.25) is 5.88 Å². The van der Waals surface area contributed by atoms with Crippen molar-refractivity contribution in [3.63, 3.8) is 0 Å². The highest BCUT2D eigenvalue weighted by molar-refractivity contribution is 7.87. The SMILES string of the molecule is COc1cc(Nc2cnc(OS(=O)(=O)C(F)(F)F)c3c2C2CCC3C2)ccc1F. The van der Waals surface area contributed by atoms with E-state index in [-0.39, 0.29) is 17.6 Å². The van der Waals surface area contributed by atoms with Crippen LogP contribution in [0.2, 0.25) is 0 Å². The minimum absolute atomic E-state index is 0.0253. The minimum atomic E-state index is -5.82. The van der Waals surface area contributed by atoms with Crippen LogP contribution in [0.25, 0.3) is 0 Å². The number of fused-ring (bicyclic) bond motifs is 5. The Kier molecular flexibility index (Phi) is 4.60. The van der Waals surface area contributed by atoms with Gasteiger partial charge in [-0.05, 0) is 48.8 Å². The van der Waals surface area contributed by atoms with Crippen LogP contribution in [0.5, 0.6) is 11.6 Å². The number of hydrogen-bond acceptors (Lipinski definition) is 6. The Morgan fingerprint density at radius 2 is 1.86 bits per heavy atom. The summed E-state index contributed by atoms with van der Waals surface area (Å²) in [5, 5.41) is 3.07. The highest BCUT2D eigenvalue weighted by Crippen LogP contribution is 2.58. The molecule has 4 rings (SSSR count). The highest BCUT2D eigenvalue weighted by atomic mass is 32.2. The van der Waals surface area contributed by atoms with Crippen LogP contribution < -0.4 is 14.2 Å². The molecule has 1 aromatic heterocycles. The number of ether oxygens (including phenoxy) is 1. The van der Waals surface area contributed by atoms with Gasteiger partial charge in [0.25, 0.3) is 0 Å². The van der Waals surface area contributed by atoms with Crippen molar-refractivity contribution in [1.82, 2.24) is 4.98 Å². The lowest BCUT2D eigenvalue weighted by Gasteiger charge is -2.22.